The van der Waals surface area contributed by atoms with E-state index >= 15 is 0 Å². The molecule has 1 aliphatic carbocycles. The van der Waals surface area contributed by atoms with E-state index in [0.717, 1.165) is 11.8 Å². The molecular weight excluding hydrogens is 144 g/mol. The third kappa shape index (κ3) is 1.38. The summed E-state index contributed by atoms with van der Waals surface area (Å²) in [6.45, 7) is 2.38. The predicted octanol–water partition coefficient (Wildman–Crippen LogP) is 3.59. The number of rotatable bonds is 1. The second-order valence-corrected chi connectivity index (χ2v) is 3.93. The third-order valence-electron chi connectivity index (χ3n) is 3.09. The molecule has 0 N–H and O–H groups in total. The highest BCUT2D eigenvalue weighted by Crippen LogP contribution is 2.38. The highest BCUT2D eigenvalue weighted by atomic mass is 14.3. The first-order valence-corrected chi connectivity index (χ1v) is 4.93. The fourth-order valence-electron chi connectivity index (χ4n) is 2.34. The predicted molar refractivity (Wildman–Crippen MR) is 52.2 cm³/mol. The van der Waals surface area contributed by atoms with Crippen molar-refractivity contribution >= 4 is 0 Å². The van der Waals surface area contributed by atoms with Gasteiger partial charge in [-0.25, -0.2) is 0 Å². The summed E-state index contributed by atoms with van der Waals surface area (Å²) in [5.74, 6) is 1.73. The van der Waals surface area contributed by atoms with Crippen molar-refractivity contribution in [1.82, 2.24) is 0 Å². The smallest absolute Gasteiger partial charge is 0.0136 e. The fourth-order valence-corrected chi connectivity index (χ4v) is 2.34. The zero-order valence-electron chi connectivity index (χ0n) is 7.66. The average molecular weight is 160 g/mol. The molecule has 0 amide bonds. The van der Waals surface area contributed by atoms with Gasteiger partial charge in [0.15, 0.2) is 0 Å². The molecule has 0 spiro atoms. The van der Waals surface area contributed by atoms with Crippen molar-refractivity contribution in [3.8, 4) is 0 Å². The minimum atomic E-state index is 0.839. The topological polar surface area (TPSA) is 0 Å². The van der Waals surface area contributed by atoms with E-state index in [4.69, 9.17) is 0 Å². The van der Waals surface area contributed by atoms with Crippen molar-refractivity contribution in [2.45, 2.75) is 32.1 Å². The van der Waals surface area contributed by atoms with Gasteiger partial charge in [-0.3, -0.25) is 0 Å². The average Bonchev–Trinajstić information content (AvgIpc) is 2.53. The molecule has 0 saturated heterocycles. The largest absolute Gasteiger partial charge is 0.0622 e. The van der Waals surface area contributed by atoms with Gasteiger partial charge in [-0.2, -0.15) is 0 Å². The first-order chi connectivity index (χ1) is 5.88. The van der Waals surface area contributed by atoms with Crippen LogP contribution >= 0.6 is 0 Å². The molecule has 0 nitrogen and oxygen atoms in total. The van der Waals surface area contributed by atoms with Crippen molar-refractivity contribution in [2.24, 2.45) is 5.92 Å². The maximum absolute atomic E-state index is 2.38. The Morgan fingerprint density at radius 2 is 1.83 bits per heavy atom. The van der Waals surface area contributed by atoms with Crippen LogP contribution in [0.2, 0.25) is 0 Å². The van der Waals surface area contributed by atoms with E-state index in [2.05, 4.69) is 37.3 Å². The summed E-state index contributed by atoms with van der Waals surface area (Å²) in [7, 11) is 0. The lowest BCUT2D eigenvalue weighted by Crippen LogP contribution is -2.00. The Morgan fingerprint density at radius 3 is 2.42 bits per heavy atom. The molecule has 0 heterocycles. The number of hydrogen-bond acceptors (Lipinski definition) is 0. The van der Waals surface area contributed by atoms with Gasteiger partial charge in [0.1, 0.15) is 0 Å². The Bertz CT molecular complexity index is 237. The van der Waals surface area contributed by atoms with Crippen LogP contribution in [0.3, 0.4) is 0 Å². The van der Waals surface area contributed by atoms with Crippen molar-refractivity contribution in [3.63, 3.8) is 0 Å². The van der Waals surface area contributed by atoms with Gasteiger partial charge in [0.2, 0.25) is 0 Å². The van der Waals surface area contributed by atoms with Crippen LogP contribution in [0.1, 0.15) is 37.7 Å². The van der Waals surface area contributed by atoms with E-state index in [1.807, 2.05) is 0 Å². The van der Waals surface area contributed by atoms with E-state index in [1.165, 1.54) is 19.3 Å². The normalized spacial score (nSPS) is 29.1. The minimum absolute atomic E-state index is 0.839. The van der Waals surface area contributed by atoms with Crippen molar-refractivity contribution in [2.75, 3.05) is 0 Å². The van der Waals surface area contributed by atoms with Crippen molar-refractivity contribution in [3.05, 3.63) is 35.9 Å². The van der Waals surface area contributed by atoms with E-state index in [-0.39, 0.29) is 0 Å². The summed E-state index contributed by atoms with van der Waals surface area (Å²) in [5, 5.41) is 0. The lowest BCUT2D eigenvalue weighted by atomic mass is 9.90. The van der Waals surface area contributed by atoms with Gasteiger partial charge in [0, 0.05) is 0 Å². The number of hydrogen-bond donors (Lipinski definition) is 0. The SMILES string of the molecule is C[C@@H]1CCCC1c1ccccc1. The van der Waals surface area contributed by atoms with E-state index < -0.39 is 0 Å². The van der Waals surface area contributed by atoms with E-state index in [1.54, 1.807) is 5.56 Å². The van der Waals surface area contributed by atoms with Gasteiger partial charge < -0.3 is 0 Å². The molecule has 0 heteroatoms. The summed E-state index contributed by atoms with van der Waals surface area (Å²) in [4.78, 5) is 0. The highest BCUT2D eigenvalue weighted by Gasteiger charge is 2.24. The molecule has 12 heavy (non-hydrogen) atoms. The van der Waals surface area contributed by atoms with Crippen molar-refractivity contribution < 1.29 is 0 Å². The molecule has 1 saturated carbocycles. The molecule has 64 valence electrons. The maximum Gasteiger partial charge on any atom is -0.0136 e. The summed E-state index contributed by atoms with van der Waals surface area (Å²) >= 11 is 0. The maximum atomic E-state index is 2.38. The minimum Gasteiger partial charge on any atom is -0.0622 e. The molecule has 0 aliphatic heterocycles. The standard InChI is InChI=1S/C12H16/c1-10-6-5-9-12(10)11-7-3-2-4-8-11/h2-4,7-8,10,12H,5-6,9H2,1H3/t10-,12?/m1/s1. The zero-order chi connectivity index (χ0) is 8.39. The molecular formula is C12H16. The lowest BCUT2D eigenvalue weighted by Gasteiger charge is -2.14. The Balaban J connectivity index is 2.19. The molecule has 2 atom stereocenters. The first kappa shape index (κ1) is 7.85. The van der Waals surface area contributed by atoms with E-state index in [0.29, 0.717) is 0 Å². The third-order valence-corrected chi connectivity index (χ3v) is 3.09. The summed E-state index contributed by atoms with van der Waals surface area (Å²) in [6.07, 6.45) is 4.23. The molecule has 0 radical (unpaired) electrons. The Hall–Kier alpha value is -0.780. The second kappa shape index (κ2) is 3.30. The quantitative estimate of drug-likeness (QED) is 0.589. The van der Waals surface area contributed by atoms with Gasteiger partial charge in [-0.05, 0) is 23.8 Å². The molecule has 1 unspecified atom stereocenters. The second-order valence-electron chi connectivity index (χ2n) is 3.93. The molecule has 1 aromatic rings. The molecule has 1 fully saturated rings. The van der Waals surface area contributed by atoms with Crippen LogP contribution in [0.15, 0.2) is 30.3 Å². The molecule has 2 rings (SSSR count). The Kier molecular flexibility index (Phi) is 2.16. The highest BCUT2D eigenvalue weighted by molar-refractivity contribution is 5.20. The Morgan fingerprint density at radius 1 is 1.08 bits per heavy atom. The van der Waals surface area contributed by atoms with Gasteiger partial charge in [0.25, 0.3) is 0 Å². The van der Waals surface area contributed by atoms with Crippen LogP contribution in [-0.2, 0) is 0 Å². The summed E-state index contributed by atoms with van der Waals surface area (Å²) in [5.41, 5.74) is 1.54. The van der Waals surface area contributed by atoms with Gasteiger partial charge in [-0.1, -0.05) is 50.1 Å². The number of benzene rings is 1. The summed E-state index contributed by atoms with van der Waals surface area (Å²) in [6, 6.07) is 10.9. The zero-order valence-corrected chi connectivity index (χ0v) is 7.66. The van der Waals surface area contributed by atoms with Crippen molar-refractivity contribution in [1.29, 1.82) is 0 Å². The lowest BCUT2D eigenvalue weighted by molar-refractivity contribution is 0.533. The monoisotopic (exact) mass is 160 g/mol. The van der Waals surface area contributed by atoms with Gasteiger partial charge >= 0.3 is 0 Å². The van der Waals surface area contributed by atoms with Gasteiger partial charge in [-0.15, -0.1) is 0 Å². The van der Waals surface area contributed by atoms with Crippen LogP contribution in [0.5, 0.6) is 0 Å². The van der Waals surface area contributed by atoms with Crippen LogP contribution in [0.25, 0.3) is 0 Å². The molecule has 0 bridgehead atoms. The summed E-state index contributed by atoms with van der Waals surface area (Å²) < 4.78 is 0. The van der Waals surface area contributed by atoms with E-state index in [9.17, 15) is 0 Å². The Labute approximate surface area is 74.6 Å². The van der Waals surface area contributed by atoms with Crippen LogP contribution in [0, 0.1) is 5.92 Å². The van der Waals surface area contributed by atoms with Crippen LogP contribution in [-0.4, -0.2) is 0 Å². The van der Waals surface area contributed by atoms with Crippen LogP contribution < -0.4 is 0 Å². The fraction of sp³-hybridized carbons (Fsp3) is 0.500. The molecule has 0 aromatic heterocycles. The first-order valence-electron chi connectivity index (χ1n) is 4.93. The molecule has 1 aromatic carbocycles. The van der Waals surface area contributed by atoms with Gasteiger partial charge in [0.05, 0.1) is 0 Å². The molecule has 1 aliphatic rings. The van der Waals surface area contributed by atoms with Crippen LogP contribution in [0.4, 0.5) is 0 Å².